The number of nitrogens with one attached hydrogen (secondary N) is 3. The molecular weight excluding hydrogens is 328 g/mol. The summed E-state index contributed by atoms with van der Waals surface area (Å²) >= 11 is 0. The Bertz CT molecular complexity index is 981. The number of rotatable bonds is 5. The third kappa shape index (κ3) is 2.69. The summed E-state index contributed by atoms with van der Waals surface area (Å²) in [5.74, 6) is -1.60. The molecule has 0 spiro atoms. The van der Waals surface area contributed by atoms with Crippen molar-refractivity contribution in [2.45, 2.75) is 12.8 Å². The van der Waals surface area contributed by atoms with Gasteiger partial charge in [0, 0.05) is 6.20 Å². The Labute approximate surface area is 141 Å². The monoisotopic (exact) mass is 344 g/mol. The molecule has 5 N–H and O–H groups in total. The molecule has 8 heteroatoms. The van der Waals surface area contributed by atoms with Crippen molar-refractivity contribution in [1.29, 1.82) is 0 Å². The highest BCUT2D eigenvalue weighted by Crippen LogP contribution is 2.31. The molecule has 1 aliphatic carbocycles. The number of benzene rings is 1. The lowest BCUT2D eigenvalue weighted by atomic mass is 10.0. The van der Waals surface area contributed by atoms with Gasteiger partial charge in [0.15, 0.2) is 5.82 Å². The van der Waals surface area contributed by atoms with Gasteiger partial charge in [-0.3, -0.25) is 4.79 Å². The molecule has 0 unspecified atom stereocenters. The van der Waals surface area contributed by atoms with Gasteiger partial charge in [-0.1, -0.05) is 4.98 Å². The smallest absolute Gasteiger partial charge is 0.232 e. The van der Waals surface area contributed by atoms with Gasteiger partial charge in [-0.25, -0.2) is 13.8 Å². The van der Waals surface area contributed by atoms with E-state index in [1.54, 1.807) is 0 Å². The van der Waals surface area contributed by atoms with Crippen LogP contribution in [0, 0.1) is 17.6 Å². The lowest BCUT2D eigenvalue weighted by Crippen LogP contribution is -2.17. The molecular formula is C17H16F2N5O+. The first-order chi connectivity index (χ1) is 12.1. The molecule has 0 radical (unpaired) electrons. The van der Waals surface area contributed by atoms with E-state index in [1.165, 1.54) is 25.4 Å². The average Bonchev–Trinajstić information content (AvgIpc) is 3.33. The maximum absolute atomic E-state index is 14.2. The van der Waals surface area contributed by atoms with E-state index in [1.807, 2.05) is 0 Å². The summed E-state index contributed by atoms with van der Waals surface area (Å²) in [6, 6.07) is 2.08. The number of carbonyl (C=O) groups excluding carboxylic acids is 1. The molecule has 25 heavy (non-hydrogen) atoms. The van der Waals surface area contributed by atoms with E-state index in [9.17, 15) is 13.6 Å². The van der Waals surface area contributed by atoms with Gasteiger partial charge in [0.25, 0.3) is 0 Å². The summed E-state index contributed by atoms with van der Waals surface area (Å²) in [7, 11) is 0. The molecule has 0 bridgehead atoms. The van der Waals surface area contributed by atoms with E-state index >= 15 is 0 Å². The number of carbonyl (C=O) groups is 1. The van der Waals surface area contributed by atoms with E-state index in [-0.39, 0.29) is 11.3 Å². The number of nitrogens with zero attached hydrogens (tertiary/aromatic N) is 1. The van der Waals surface area contributed by atoms with Gasteiger partial charge in [-0.05, 0) is 30.9 Å². The zero-order chi connectivity index (χ0) is 17.6. The van der Waals surface area contributed by atoms with Crippen molar-refractivity contribution in [2.75, 3.05) is 17.6 Å². The highest BCUT2D eigenvalue weighted by Gasteiger charge is 2.28. The number of hydrogen-bond donors (Lipinski definition) is 3. The lowest BCUT2D eigenvalue weighted by molar-refractivity contribution is -0.364. The maximum atomic E-state index is 14.2. The highest BCUT2D eigenvalue weighted by molar-refractivity contribution is 6.18. The Morgan fingerprint density at radius 3 is 2.96 bits per heavy atom. The first kappa shape index (κ1) is 15.5. The zero-order valence-electron chi connectivity index (χ0n) is 13.2. The van der Waals surface area contributed by atoms with Crippen LogP contribution in [0.3, 0.4) is 0 Å². The Morgan fingerprint density at radius 1 is 1.40 bits per heavy atom. The lowest BCUT2D eigenvalue weighted by Gasteiger charge is -2.06. The first-order valence-corrected chi connectivity index (χ1v) is 7.96. The highest BCUT2D eigenvalue weighted by atomic mass is 19.1. The van der Waals surface area contributed by atoms with Crippen LogP contribution >= 0.6 is 0 Å². The maximum Gasteiger partial charge on any atom is 0.232 e. The summed E-state index contributed by atoms with van der Waals surface area (Å²) in [4.78, 5) is 22.8. The van der Waals surface area contributed by atoms with Gasteiger partial charge < -0.3 is 16.0 Å². The van der Waals surface area contributed by atoms with Crippen LogP contribution in [-0.4, -0.2) is 22.3 Å². The molecule has 2 aromatic heterocycles. The number of anilines is 2. The van der Waals surface area contributed by atoms with Crippen molar-refractivity contribution in [1.82, 2.24) is 9.97 Å². The van der Waals surface area contributed by atoms with Crippen LogP contribution in [0.4, 0.5) is 20.3 Å². The second-order valence-electron chi connectivity index (χ2n) is 6.18. The van der Waals surface area contributed by atoms with Crippen LogP contribution in [0.15, 0.2) is 24.7 Å². The van der Waals surface area contributed by atoms with E-state index in [0.29, 0.717) is 22.8 Å². The van der Waals surface area contributed by atoms with E-state index < -0.39 is 23.0 Å². The van der Waals surface area contributed by atoms with Crippen molar-refractivity contribution in [3.63, 3.8) is 0 Å². The number of aromatic nitrogens is 3. The molecule has 0 amide bonds. The fourth-order valence-electron chi connectivity index (χ4n) is 2.80. The van der Waals surface area contributed by atoms with E-state index in [4.69, 9.17) is 5.73 Å². The van der Waals surface area contributed by atoms with Crippen molar-refractivity contribution < 1.29 is 18.6 Å². The second-order valence-corrected chi connectivity index (χ2v) is 6.18. The Kier molecular flexibility index (Phi) is 3.60. The quantitative estimate of drug-likeness (QED) is 0.488. The predicted molar refractivity (Wildman–Crippen MR) is 88.1 cm³/mol. The molecule has 1 aromatic carbocycles. The van der Waals surface area contributed by atoms with Crippen LogP contribution in [0.2, 0.25) is 0 Å². The molecule has 3 aromatic rings. The van der Waals surface area contributed by atoms with Gasteiger partial charge >= 0.3 is 0 Å². The molecule has 1 fully saturated rings. The molecule has 2 heterocycles. The second kappa shape index (κ2) is 5.80. The molecule has 6 nitrogen and oxygen atoms in total. The number of nitrogens with two attached hydrogens (primary N) is 1. The van der Waals surface area contributed by atoms with Crippen LogP contribution in [0.25, 0.3) is 11.0 Å². The van der Waals surface area contributed by atoms with Crippen molar-refractivity contribution in [2.24, 2.45) is 5.92 Å². The van der Waals surface area contributed by atoms with Gasteiger partial charge in [-0.15, -0.1) is 0 Å². The minimum absolute atomic E-state index is 0.126. The summed E-state index contributed by atoms with van der Waals surface area (Å²) < 4.78 is 28.3. The van der Waals surface area contributed by atoms with Crippen LogP contribution < -0.4 is 16.0 Å². The van der Waals surface area contributed by atoms with Gasteiger partial charge in [0.2, 0.25) is 23.6 Å². The fraction of sp³-hybridized carbons (Fsp3) is 0.235. The normalized spacial score (nSPS) is 14.0. The van der Waals surface area contributed by atoms with Crippen molar-refractivity contribution >= 4 is 28.3 Å². The summed E-state index contributed by atoms with van der Waals surface area (Å²) in [6.45, 7) is 0.759. The summed E-state index contributed by atoms with van der Waals surface area (Å²) in [6.07, 6.45) is 5.22. The summed E-state index contributed by atoms with van der Waals surface area (Å²) in [5, 5.41) is 3.71. The van der Waals surface area contributed by atoms with Crippen LogP contribution in [0.5, 0.6) is 0 Å². The minimum atomic E-state index is -1.06. The summed E-state index contributed by atoms with van der Waals surface area (Å²) in [5.41, 5.74) is 5.11. The number of ketones is 1. The first-order valence-electron chi connectivity index (χ1n) is 7.96. The Morgan fingerprint density at radius 2 is 2.20 bits per heavy atom. The average molecular weight is 344 g/mol. The van der Waals surface area contributed by atoms with Crippen LogP contribution in [-0.2, 0) is 0 Å². The van der Waals surface area contributed by atoms with Crippen LogP contribution in [0.1, 0.15) is 28.8 Å². The number of nitrogen functional groups attached to an aromatic ring is 1. The SMILES string of the molecule is Nc1ccc(F)c(C(=O)c2c[nH]c3nc[nH+]c(NCC4CC4)c23)c1F. The number of H-pyrrole nitrogens is 2. The fourth-order valence-corrected chi connectivity index (χ4v) is 2.80. The number of aromatic amines is 2. The third-order valence-corrected chi connectivity index (χ3v) is 4.37. The number of halogens is 2. The van der Waals surface area contributed by atoms with Gasteiger partial charge in [0.05, 0.1) is 23.4 Å². The Balaban J connectivity index is 1.81. The van der Waals surface area contributed by atoms with E-state index in [2.05, 4.69) is 20.3 Å². The van der Waals surface area contributed by atoms with Crippen molar-refractivity contribution in [3.8, 4) is 0 Å². The van der Waals surface area contributed by atoms with Gasteiger partial charge in [0.1, 0.15) is 11.2 Å². The standard InChI is InChI=1S/C17H15F2N5O/c18-10-3-4-11(20)14(19)13(10)15(25)9-6-22-17-12(9)16(23-7-24-17)21-5-8-1-2-8/h3-4,6-8H,1-2,5,20H2,(H2,21,22,23,24)/p+1. The van der Waals surface area contributed by atoms with E-state index in [0.717, 1.165) is 18.7 Å². The largest absolute Gasteiger partial charge is 0.396 e. The molecule has 0 atom stereocenters. The predicted octanol–water partition coefficient (Wildman–Crippen LogP) is 2.29. The third-order valence-electron chi connectivity index (χ3n) is 4.37. The van der Waals surface area contributed by atoms with Gasteiger partial charge in [-0.2, -0.15) is 0 Å². The minimum Gasteiger partial charge on any atom is -0.396 e. The Hall–Kier alpha value is -3.03. The molecule has 128 valence electrons. The molecule has 0 aliphatic heterocycles. The zero-order valence-corrected chi connectivity index (χ0v) is 13.2. The number of fused-ring (bicyclic) bond motifs is 1. The molecule has 4 rings (SSSR count). The molecule has 0 saturated heterocycles. The molecule has 1 saturated carbocycles. The molecule has 1 aliphatic rings. The number of hydrogen-bond acceptors (Lipinski definition) is 4. The topological polar surface area (TPSA) is 97.9 Å². The van der Waals surface area contributed by atoms with Crippen molar-refractivity contribution in [3.05, 3.63) is 47.4 Å².